The van der Waals surface area contributed by atoms with E-state index in [4.69, 9.17) is 16.3 Å². The molecule has 1 N–H and O–H groups in total. The Morgan fingerprint density at radius 3 is 2.57 bits per heavy atom. The first kappa shape index (κ1) is 22.4. The number of alkyl halides is 3. The average molecular weight is 442 g/mol. The lowest BCUT2D eigenvalue weighted by Crippen LogP contribution is -2.37. The van der Waals surface area contributed by atoms with Crippen LogP contribution in [0, 0.1) is 0 Å². The maximum absolute atomic E-state index is 13.2. The van der Waals surface area contributed by atoms with E-state index in [0.717, 1.165) is 17.7 Å². The molecule has 1 aliphatic heterocycles. The first-order valence-corrected chi connectivity index (χ1v) is 9.87. The second kappa shape index (κ2) is 9.68. The molecule has 0 bridgehead atoms. The summed E-state index contributed by atoms with van der Waals surface area (Å²) in [5, 5.41) is 3.25. The van der Waals surface area contributed by atoms with Crippen LogP contribution in [0.5, 0.6) is 0 Å². The standard InChI is InChI=1S/C21H23ClF3N3O2/c1-27(13-15-4-2-3-5-17(15)22)14-20(29)26-18-12-16(21(23,24)25)6-7-19(18)28-8-10-30-11-9-28/h2-7,12H,8-11,13-14H2,1H3,(H,26,29). The monoisotopic (exact) mass is 441 g/mol. The van der Waals surface area contributed by atoms with Gasteiger partial charge in [-0.25, -0.2) is 0 Å². The molecule has 0 aromatic heterocycles. The Kier molecular flexibility index (Phi) is 7.23. The molecule has 2 aromatic rings. The SMILES string of the molecule is CN(CC(=O)Nc1cc(C(F)(F)F)ccc1N1CCOCC1)Cc1ccccc1Cl. The van der Waals surface area contributed by atoms with E-state index in [1.807, 2.05) is 23.1 Å². The van der Waals surface area contributed by atoms with Gasteiger partial charge in [-0.15, -0.1) is 0 Å². The maximum atomic E-state index is 13.2. The molecule has 0 saturated carbocycles. The minimum Gasteiger partial charge on any atom is -0.378 e. The van der Waals surface area contributed by atoms with Gasteiger partial charge < -0.3 is 15.0 Å². The van der Waals surface area contributed by atoms with Gasteiger partial charge in [0.15, 0.2) is 0 Å². The van der Waals surface area contributed by atoms with E-state index in [-0.39, 0.29) is 12.2 Å². The van der Waals surface area contributed by atoms with Gasteiger partial charge in [-0.05, 0) is 36.9 Å². The first-order chi connectivity index (χ1) is 14.2. The summed E-state index contributed by atoms with van der Waals surface area (Å²) >= 11 is 6.15. The van der Waals surface area contributed by atoms with Gasteiger partial charge in [-0.1, -0.05) is 29.8 Å². The number of nitrogens with zero attached hydrogens (tertiary/aromatic N) is 2. The van der Waals surface area contributed by atoms with Crippen LogP contribution in [0.15, 0.2) is 42.5 Å². The molecule has 0 radical (unpaired) electrons. The molecule has 1 aliphatic rings. The Bertz CT molecular complexity index is 886. The lowest BCUT2D eigenvalue weighted by atomic mass is 10.1. The number of carbonyl (C=O) groups excluding carboxylic acids is 1. The highest BCUT2D eigenvalue weighted by Crippen LogP contribution is 2.35. The Balaban J connectivity index is 1.74. The van der Waals surface area contributed by atoms with E-state index in [9.17, 15) is 18.0 Å². The molecule has 2 aromatic carbocycles. The Morgan fingerprint density at radius 1 is 1.20 bits per heavy atom. The van der Waals surface area contributed by atoms with Gasteiger partial charge in [0.25, 0.3) is 0 Å². The highest BCUT2D eigenvalue weighted by molar-refractivity contribution is 6.31. The van der Waals surface area contributed by atoms with Gasteiger partial charge in [0.05, 0.1) is 36.7 Å². The van der Waals surface area contributed by atoms with Crippen LogP contribution in [0.2, 0.25) is 5.02 Å². The van der Waals surface area contributed by atoms with Crippen LogP contribution in [0.1, 0.15) is 11.1 Å². The van der Waals surface area contributed by atoms with Gasteiger partial charge in [0.1, 0.15) is 0 Å². The summed E-state index contributed by atoms with van der Waals surface area (Å²) in [6, 6.07) is 10.7. The predicted octanol–water partition coefficient (Wildman–Crippen LogP) is 4.27. The van der Waals surface area contributed by atoms with Crippen molar-refractivity contribution in [2.45, 2.75) is 12.7 Å². The van der Waals surface area contributed by atoms with Crippen molar-refractivity contribution in [2.24, 2.45) is 0 Å². The van der Waals surface area contributed by atoms with Gasteiger partial charge in [0, 0.05) is 24.7 Å². The number of rotatable bonds is 6. The van der Waals surface area contributed by atoms with Crippen LogP contribution in [0.4, 0.5) is 24.5 Å². The molecule has 1 saturated heterocycles. The summed E-state index contributed by atoms with van der Waals surface area (Å²) in [7, 11) is 1.75. The fourth-order valence-corrected chi connectivity index (χ4v) is 3.50. The molecule has 162 valence electrons. The Labute approximate surface area is 178 Å². The van der Waals surface area contributed by atoms with E-state index >= 15 is 0 Å². The first-order valence-electron chi connectivity index (χ1n) is 9.50. The second-order valence-electron chi connectivity index (χ2n) is 7.14. The number of carbonyl (C=O) groups is 1. The zero-order valence-corrected chi connectivity index (χ0v) is 17.3. The van der Waals surface area contributed by atoms with Crippen molar-refractivity contribution in [3.05, 3.63) is 58.6 Å². The number of hydrogen-bond donors (Lipinski definition) is 1. The molecule has 0 spiro atoms. The molecule has 30 heavy (non-hydrogen) atoms. The van der Waals surface area contributed by atoms with Crippen LogP contribution in [0.25, 0.3) is 0 Å². The molecule has 1 heterocycles. The minimum absolute atomic E-state index is 0.00399. The van der Waals surface area contributed by atoms with Crippen molar-refractivity contribution in [3.63, 3.8) is 0 Å². The minimum atomic E-state index is -4.50. The van der Waals surface area contributed by atoms with E-state index in [1.165, 1.54) is 6.07 Å². The number of nitrogens with one attached hydrogen (secondary N) is 1. The summed E-state index contributed by atoms with van der Waals surface area (Å²) < 4.78 is 44.9. The van der Waals surface area contributed by atoms with Crippen molar-refractivity contribution in [1.82, 2.24) is 4.90 Å². The van der Waals surface area contributed by atoms with E-state index in [2.05, 4.69) is 5.32 Å². The largest absolute Gasteiger partial charge is 0.416 e. The van der Waals surface area contributed by atoms with Gasteiger partial charge >= 0.3 is 6.18 Å². The maximum Gasteiger partial charge on any atom is 0.416 e. The van der Waals surface area contributed by atoms with Crippen LogP contribution in [0.3, 0.4) is 0 Å². The van der Waals surface area contributed by atoms with Gasteiger partial charge in [-0.3, -0.25) is 9.69 Å². The third kappa shape index (κ3) is 5.87. The van der Waals surface area contributed by atoms with Crippen molar-refractivity contribution < 1.29 is 22.7 Å². The molecular formula is C21H23ClF3N3O2. The van der Waals surface area contributed by atoms with Crippen molar-refractivity contribution >= 4 is 28.9 Å². The van der Waals surface area contributed by atoms with E-state index < -0.39 is 17.6 Å². The van der Waals surface area contributed by atoms with Crippen molar-refractivity contribution in [1.29, 1.82) is 0 Å². The number of anilines is 2. The third-order valence-corrected chi connectivity index (χ3v) is 5.13. The molecule has 9 heteroatoms. The summed E-state index contributed by atoms with van der Waals surface area (Å²) in [4.78, 5) is 16.2. The molecule has 3 rings (SSSR count). The van der Waals surface area contributed by atoms with Gasteiger partial charge in [-0.2, -0.15) is 13.2 Å². The lowest BCUT2D eigenvalue weighted by Gasteiger charge is -2.31. The number of ether oxygens (including phenoxy) is 1. The smallest absolute Gasteiger partial charge is 0.378 e. The Morgan fingerprint density at radius 2 is 1.90 bits per heavy atom. The summed E-state index contributed by atoms with van der Waals surface area (Å²) in [5.41, 5.74) is 0.748. The van der Waals surface area contributed by atoms with Crippen molar-refractivity contribution in [3.8, 4) is 0 Å². The van der Waals surface area contributed by atoms with Crippen LogP contribution < -0.4 is 10.2 Å². The molecule has 1 amide bonds. The van der Waals surface area contributed by atoms with Crippen LogP contribution in [-0.4, -0.2) is 50.7 Å². The number of amides is 1. The topological polar surface area (TPSA) is 44.8 Å². The van der Waals surface area contributed by atoms with Crippen LogP contribution in [-0.2, 0) is 22.3 Å². The highest BCUT2D eigenvalue weighted by atomic mass is 35.5. The fraction of sp³-hybridized carbons (Fsp3) is 0.381. The number of likely N-dealkylation sites (N-methyl/N-ethyl adjacent to an activating group) is 1. The summed E-state index contributed by atoms with van der Waals surface area (Å²) in [5.74, 6) is -0.404. The molecule has 0 aliphatic carbocycles. The van der Waals surface area contributed by atoms with Crippen LogP contribution >= 0.6 is 11.6 Å². The molecule has 1 fully saturated rings. The van der Waals surface area contributed by atoms with Gasteiger partial charge in [0.2, 0.25) is 5.91 Å². The van der Waals surface area contributed by atoms with Crippen molar-refractivity contribution in [2.75, 3.05) is 50.1 Å². The normalized spacial score (nSPS) is 14.8. The number of halogens is 4. The number of benzene rings is 2. The summed E-state index contributed by atoms with van der Waals surface area (Å²) in [6.45, 7) is 2.49. The number of morpholine rings is 1. The fourth-order valence-electron chi connectivity index (χ4n) is 3.30. The number of hydrogen-bond acceptors (Lipinski definition) is 4. The van der Waals surface area contributed by atoms with E-state index in [0.29, 0.717) is 43.6 Å². The third-order valence-electron chi connectivity index (χ3n) is 4.76. The average Bonchev–Trinajstić information content (AvgIpc) is 2.69. The molecule has 0 atom stereocenters. The van der Waals surface area contributed by atoms with E-state index in [1.54, 1.807) is 18.0 Å². The quantitative estimate of drug-likeness (QED) is 0.727. The molecule has 5 nitrogen and oxygen atoms in total. The molecule has 0 unspecified atom stereocenters. The lowest BCUT2D eigenvalue weighted by molar-refractivity contribution is -0.137. The molecular weight excluding hydrogens is 419 g/mol. The zero-order chi connectivity index (χ0) is 21.7. The Hall–Kier alpha value is -2.29. The zero-order valence-electron chi connectivity index (χ0n) is 16.5. The second-order valence-corrected chi connectivity index (χ2v) is 7.55. The predicted molar refractivity (Wildman–Crippen MR) is 111 cm³/mol. The highest BCUT2D eigenvalue weighted by Gasteiger charge is 2.32. The summed E-state index contributed by atoms with van der Waals surface area (Å²) in [6.07, 6.45) is -4.50.